The van der Waals surface area contributed by atoms with Gasteiger partial charge in [-0.2, -0.15) is 4.31 Å². The molecule has 0 saturated carbocycles. The second-order valence-corrected chi connectivity index (χ2v) is 9.38. The maximum atomic E-state index is 13.0. The van der Waals surface area contributed by atoms with E-state index in [1.54, 1.807) is 13.0 Å². The zero-order valence-corrected chi connectivity index (χ0v) is 18.8. The van der Waals surface area contributed by atoms with E-state index >= 15 is 0 Å². The van der Waals surface area contributed by atoms with Gasteiger partial charge in [0.2, 0.25) is 15.9 Å². The van der Waals surface area contributed by atoms with Crippen LogP contribution in [0.2, 0.25) is 0 Å². The van der Waals surface area contributed by atoms with Gasteiger partial charge >= 0.3 is 0 Å². The van der Waals surface area contributed by atoms with Crippen molar-refractivity contribution in [2.75, 3.05) is 32.6 Å². The molecule has 2 aromatic carbocycles. The molecule has 1 amide bonds. The average molecular weight is 464 g/mol. The number of benzene rings is 2. The summed E-state index contributed by atoms with van der Waals surface area (Å²) < 4.78 is 37.8. The third-order valence-electron chi connectivity index (χ3n) is 5.51. The molecule has 1 N–H and O–H groups in total. The molecule has 0 bridgehead atoms. The van der Waals surface area contributed by atoms with E-state index < -0.39 is 20.9 Å². The lowest BCUT2D eigenvalue weighted by molar-refractivity contribution is -0.384. The summed E-state index contributed by atoms with van der Waals surface area (Å²) >= 11 is 0. The summed E-state index contributed by atoms with van der Waals surface area (Å²) in [7, 11) is -0.857. The Morgan fingerprint density at radius 3 is 2.34 bits per heavy atom. The lowest BCUT2D eigenvalue weighted by Gasteiger charge is -2.30. The normalized spacial score (nSPS) is 15.2. The molecule has 1 saturated heterocycles. The SMILES string of the molecule is COc1ccc(S(=O)(=O)N2CCC(C(=O)Nc3cc([N+](=O)[O-])ccc3C)CC2)cc1OC. The van der Waals surface area contributed by atoms with Crippen molar-refractivity contribution in [2.24, 2.45) is 5.92 Å². The maximum absolute atomic E-state index is 13.0. The Morgan fingerprint density at radius 1 is 1.09 bits per heavy atom. The molecule has 0 spiro atoms. The number of ether oxygens (including phenoxy) is 2. The van der Waals surface area contributed by atoms with Gasteiger partial charge in [0.05, 0.1) is 29.7 Å². The van der Waals surface area contributed by atoms with E-state index in [0.717, 1.165) is 0 Å². The number of carbonyl (C=O) groups excluding carboxylic acids is 1. The number of anilines is 1. The van der Waals surface area contributed by atoms with E-state index in [9.17, 15) is 23.3 Å². The number of non-ortho nitro benzene ring substituents is 1. The van der Waals surface area contributed by atoms with Gasteiger partial charge in [-0.05, 0) is 37.5 Å². The third kappa shape index (κ3) is 4.83. The quantitative estimate of drug-likeness (QED) is 0.494. The second-order valence-electron chi connectivity index (χ2n) is 7.44. The Bertz CT molecular complexity index is 1130. The standard InChI is InChI=1S/C21H25N3O7S/c1-14-4-5-16(24(26)27)12-18(14)22-21(25)15-8-10-23(11-9-15)32(28,29)17-6-7-19(30-2)20(13-17)31-3/h4-7,12-13,15H,8-11H2,1-3H3,(H,22,25). The fourth-order valence-corrected chi connectivity index (χ4v) is 5.06. The number of hydrogen-bond acceptors (Lipinski definition) is 7. The van der Waals surface area contributed by atoms with Crippen molar-refractivity contribution >= 4 is 27.3 Å². The number of nitro benzene ring substituents is 1. The molecular weight excluding hydrogens is 438 g/mol. The number of amides is 1. The number of carbonyl (C=O) groups is 1. The first-order valence-electron chi connectivity index (χ1n) is 9.95. The molecule has 1 fully saturated rings. The highest BCUT2D eigenvalue weighted by atomic mass is 32.2. The fourth-order valence-electron chi connectivity index (χ4n) is 3.58. The predicted molar refractivity (Wildman–Crippen MR) is 117 cm³/mol. The van der Waals surface area contributed by atoms with Crippen LogP contribution in [0.5, 0.6) is 11.5 Å². The van der Waals surface area contributed by atoms with Crippen LogP contribution in [0.4, 0.5) is 11.4 Å². The van der Waals surface area contributed by atoms with E-state index in [4.69, 9.17) is 9.47 Å². The first-order chi connectivity index (χ1) is 15.2. The van der Waals surface area contributed by atoms with Gasteiger partial charge < -0.3 is 14.8 Å². The number of piperidine rings is 1. The summed E-state index contributed by atoms with van der Waals surface area (Å²) in [6, 6.07) is 8.68. The fraction of sp³-hybridized carbons (Fsp3) is 0.381. The van der Waals surface area contributed by atoms with Gasteiger partial charge in [-0.15, -0.1) is 0 Å². The van der Waals surface area contributed by atoms with Gasteiger partial charge in [0.25, 0.3) is 5.69 Å². The van der Waals surface area contributed by atoms with E-state index in [-0.39, 0.29) is 29.6 Å². The Kier molecular flexibility index (Phi) is 6.99. The number of nitrogens with zero attached hydrogens (tertiary/aromatic N) is 2. The smallest absolute Gasteiger partial charge is 0.271 e. The minimum absolute atomic E-state index is 0.0882. The number of sulfonamides is 1. The highest BCUT2D eigenvalue weighted by molar-refractivity contribution is 7.89. The van der Waals surface area contributed by atoms with Gasteiger partial charge in [0.15, 0.2) is 11.5 Å². The molecule has 32 heavy (non-hydrogen) atoms. The van der Waals surface area contributed by atoms with Crippen LogP contribution in [-0.4, -0.2) is 50.9 Å². The monoisotopic (exact) mass is 463 g/mol. The molecule has 0 aromatic heterocycles. The largest absolute Gasteiger partial charge is 0.493 e. The average Bonchev–Trinajstić information content (AvgIpc) is 2.79. The maximum Gasteiger partial charge on any atom is 0.271 e. The lowest BCUT2D eigenvalue weighted by Crippen LogP contribution is -2.41. The van der Waals surface area contributed by atoms with E-state index in [0.29, 0.717) is 35.6 Å². The lowest BCUT2D eigenvalue weighted by atomic mass is 9.97. The van der Waals surface area contributed by atoms with Crippen LogP contribution in [0.15, 0.2) is 41.3 Å². The molecule has 2 aromatic rings. The zero-order valence-electron chi connectivity index (χ0n) is 18.0. The molecule has 10 nitrogen and oxygen atoms in total. The zero-order chi connectivity index (χ0) is 23.5. The van der Waals surface area contributed by atoms with Crippen LogP contribution in [0.1, 0.15) is 18.4 Å². The topological polar surface area (TPSA) is 128 Å². The number of aryl methyl sites for hydroxylation is 1. The Morgan fingerprint density at radius 2 is 1.75 bits per heavy atom. The molecule has 1 aliphatic rings. The first kappa shape index (κ1) is 23.5. The van der Waals surface area contributed by atoms with Gasteiger partial charge in [-0.25, -0.2) is 8.42 Å². The van der Waals surface area contributed by atoms with E-state index in [1.807, 2.05) is 0 Å². The minimum atomic E-state index is -3.76. The van der Waals surface area contributed by atoms with Crippen LogP contribution < -0.4 is 14.8 Å². The summed E-state index contributed by atoms with van der Waals surface area (Å²) in [5.41, 5.74) is 0.976. The number of rotatable bonds is 7. The van der Waals surface area contributed by atoms with Crippen molar-refractivity contribution in [3.05, 3.63) is 52.1 Å². The van der Waals surface area contributed by atoms with E-state index in [2.05, 4.69) is 5.32 Å². The van der Waals surface area contributed by atoms with Crippen molar-refractivity contribution in [3.63, 3.8) is 0 Å². The highest BCUT2D eigenvalue weighted by Gasteiger charge is 2.33. The predicted octanol–water partition coefficient (Wildman–Crippen LogP) is 2.96. The molecule has 172 valence electrons. The van der Waals surface area contributed by atoms with Crippen molar-refractivity contribution in [3.8, 4) is 11.5 Å². The van der Waals surface area contributed by atoms with Gasteiger partial charge in [-0.1, -0.05) is 6.07 Å². The molecular formula is C21H25N3O7S. The Hall–Kier alpha value is -3.18. The van der Waals surface area contributed by atoms with Gasteiger partial charge in [0.1, 0.15) is 0 Å². The van der Waals surface area contributed by atoms with Crippen molar-refractivity contribution < 1.29 is 27.6 Å². The Labute approximate surface area is 186 Å². The molecule has 3 rings (SSSR count). The summed E-state index contributed by atoms with van der Waals surface area (Å²) in [5.74, 6) is 0.0655. The number of nitro groups is 1. The third-order valence-corrected chi connectivity index (χ3v) is 7.40. The van der Waals surface area contributed by atoms with Crippen molar-refractivity contribution in [1.82, 2.24) is 4.31 Å². The Balaban J connectivity index is 1.67. The summed E-state index contributed by atoms with van der Waals surface area (Å²) in [5, 5.41) is 13.7. The number of nitrogens with one attached hydrogen (secondary N) is 1. The van der Waals surface area contributed by atoms with Crippen molar-refractivity contribution in [1.29, 1.82) is 0 Å². The molecule has 1 heterocycles. The van der Waals surface area contributed by atoms with Crippen LogP contribution in [-0.2, 0) is 14.8 Å². The van der Waals surface area contributed by atoms with Crippen LogP contribution in [0.25, 0.3) is 0 Å². The molecule has 0 unspecified atom stereocenters. The molecule has 0 aliphatic carbocycles. The second kappa shape index (κ2) is 9.53. The highest BCUT2D eigenvalue weighted by Crippen LogP contribution is 2.32. The minimum Gasteiger partial charge on any atom is -0.493 e. The molecule has 0 radical (unpaired) electrons. The first-order valence-corrected chi connectivity index (χ1v) is 11.4. The van der Waals surface area contributed by atoms with E-state index in [1.165, 1.54) is 48.9 Å². The number of methoxy groups -OCH3 is 2. The van der Waals surface area contributed by atoms with Gasteiger partial charge in [0, 0.05) is 37.2 Å². The van der Waals surface area contributed by atoms with Crippen LogP contribution >= 0.6 is 0 Å². The molecule has 11 heteroatoms. The van der Waals surface area contributed by atoms with Crippen molar-refractivity contribution in [2.45, 2.75) is 24.7 Å². The summed E-state index contributed by atoms with van der Waals surface area (Å²) in [4.78, 5) is 23.3. The summed E-state index contributed by atoms with van der Waals surface area (Å²) in [6.45, 7) is 2.11. The van der Waals surface area contributed by atoms with Crippen LogP contribution in [0.3, 0.4) is 0 Å². The summed E-state index contributed by atoms with van der Waals surface area (Å²) in [6.07, 6.45) is 0.679. The molecule has 1 aliphatic heterocycles. The molecule has 0 atom stereocenters. The number of hydrogen-bond donors (Lipinski definition) is 1. The van der Waals surface area contributed by atoms with Crippen LogP contribution in [0, 0.1) is 23.0 Å². The van der Waals surface area contributed by atoms with Gasteiger partial charge in [-0.3, -0.25) is 14.9 Å².